The van der Waals surface area contributed by atoms with Gasteiger partial charge in [0, 0.05) is 6.04 Å². The number of allylic oxidation sites excluding steroid dienone is 4. The predicted octanol–water partition coefficient (Wildman–Crippen LogP) is 4.76. The fourth-order valence-electron chi connectivity index (χ4n) is 3.04. The number of aliphatic imine (C=N–C) groups is 2. The van der Waals surface area contributed by atoms with Crippen LogP contribution in [0.5, 0.6) is 0 Å². The van der Waals surface area contributed by atoms with Gasteiger partial charge in [0.25, 0.3) is 0 Å². The van der Waals surface area contributed by atoms with E-state index in [1.807, 2.05) is 0 Å². The van der Waals surface area contributed by atoms with Gasteiger partial charge < -0.3 is 0 Å². The molecule has 0 saturated heterocycles. The van der Waals surface area contributed by atoms with Gasteiger partial charge in [0.1, 0.15) is 0 Å². The summed E-state index contributed by atoms with van der Waals surface area (Å²) in [7, 11) is 0. The highest BCUT2D eigenvalue weighted by Crippen LogP contribution is 2.21. The predicted molar refractivity (Wildman–Crippen MR) is 88.9 cm³/mol. The molecule has 1 fully saturated rings. The molecule has 0 aromatic rings. The fourth-order valence-corrected chi connectivity index (χ4v) is 3.04. The van der Waals surface area contributed by atoms with Gasteiger partial charge in [-0.15, -0.1) is 0 Å². The van der Waals surface area contributed by atoms with Crippen LogP contribution in [0.1, 0.15) is 59.3 Å². The summed E-state index contributed by atoms with van der Waals surface area (Å²) in [5.74, 6) is 0.703. The Morgan fingerprint density at radius 1 is 0.950 bits per heavy atom. The zero-order valence-electron chi connectivity index (χ0n) is 13.2. The highest BCUT2D eigenvalue weighted by Gasteiger charge is 2.12. The minimum Gasteiger partial charge on any atom is -0.282 e. The largest absolute Gasteiger partial charge is 0.282 e. The van der Waals surface area contributed by atoms with Gasteiger partial charge in [-0.25, -0.2) is 0 Å². The Morgan fingerprint density at radius 2 is 1.55 bits per heavy atom. The van der Waals surface area contributed by atoms with Crippen molar-refractivity contribution in [2.24, 2.45) is 15.9 Å². The van der Waals surface area contributed by atoms with Crippen molar-refractivity contribution in [3.8, 4) is 0 Å². The average Bonchev–Trinajstić information content (AvgIpc) is 2.41. The molecule has 0 N–H and O–H groups in total. The molecular weight excluding hydrogens is 244 g/mol. The normalized spacial score (nSPS) is 21.4. The van der Waals surface area contributed by atoms with E-state index in [0.29, 0.717) is 18.0 Å². The standard InChI is InChI=1S/C18H28N2/c1-14(2)13-15(3)19-17-9-11-18(12-10-17)20-16-7-5-4-6-8-16/h9-12,14-16H,4-8,13H2,1-3H3. The number of hydrogen-bond acceptors (Lipinski definition) is 2. The number of nitrogens with zero attached hydrogens (tertiary/aromatic N) is 2. The monoisotopic (exact) mass is 272 g/mol. The molecule has 1 atom stereocenters. The van der Waals surface area contributed by atoms with Gasteiger partial charge in [0.15, 0.2) is 0 Å². The lowest BCUT2D eigenvalue weighted by molar-refractivity contribution is 0.444. The zero-order chi connectivity index (χ0) is 14.4. The second-order valence-corrected chi connectivity index (χ2v) is 6.55. The first-order valence-electron chi connectivity index (χ1n) is 8.15. The van der Waals surface area contributed by atoms with E-state index in [-0.39, 0.29) is 0 Å². The quantitative estimate of drug-likeness (QED) is 0.659. The van der Waals surface area contributed by atoms with Crippen LogP contribution in [-0.2, 0) is 0 Å². The Hall–Kier alpha value is -1.18. The Balaban J connectivity index is 1.91. The third kappa shape index (κ3) is 5.07. The maximum atomic E-state index is 4.85. The molecule has 1 unspecified atom stereocenters. The molecule has 2 heteroatoms. The van der Waals surface area contributed by atoms with Crippen LogP contribution in [0.2, 0.25) is 0 Å². The molecule has 2 rings (SSSR count). The van der Waals surface area contributed by atoms with E-state index < -0.39 is 0 Å². The van der Waals surface area contributed by atoms with E-state index in [1.165, 1.54) is 32.1 Å². The van der Waals surface area contributed by atoms with Gasteiger partial charge in [-0.05, 0) is 56.4 Å². The lowest BCUT2D eigenvalue weighted by Gasteiger charge is -2.18. The first kappa shape index (κ1) is 15.2. The molecule has 20 heavy (non-hydrogen) atoms. The van der Waals surface area contributed by atoms with Crippen molar-refractivity contribution >= 4 is 11.4 Å². The van der Waals surface area contributed by atoms with E-state index in [0.717, 1.165) is 17.8 Å². The second-order valence-electron chi connectivity index (χ2n) is 6.55. The zero-order valence-corrected chi connectivity index (χ0v) is 13.2. The van der Waals surface area contributed by atoms with Crippen LogP contribution in [0.3, 0.4) is 0 Å². The summed E-state index contributed by atoms with van der Waals surface area (Å²) >= 11 is 0. The van der Waals surface area contributed by atoms with E-state index in [4.69, 9.17) is 9.98 Å². The summed E-state index contributed by atoms with van der Waals surface area (Å²) in [4.78, 5) is 9.59. The van der Waals surface area contributed by atoms with Gasteiger partial charge in [-0.2, -0.15) is 0 Å². The van der Waals surface area contributed by atoms with Crippen LogP contribution in [0, 0.1) is 5.92 Å². The van der Waals surface area contributed by atoms with Gasteiger partial charge in [-0.3, -0.25) is 9.98 Å². The van der Waals surface area contributed by atoms with E-state index >= 15 is 0 Å². The van der Waals surface area contributed by atoms with Crippen molar-refractivity contribution in [2.75, 3.05) is 0 Å². The summed E-state index contributed by atoms with van der Waals surface area (Å²) < 4.78 is 0. The topological polar surface area (TPSA) is 24.7 Å². The Kier molecular flexibility index (Phi) is 5.75. The van der Waals surface area contributed by atoms with Crippen LogP contribution < -0.4 is 0 Å². The van der Waals surface area contributed by atoms with Crippen LogP contribution in [0.4, 0.5) is 0 Å². The van der Waals surface area contributed by atoms with Crippen molar-refractivity contribution < 1.29 is 0 Å². The molecule has 1 saturated carbocycles. The molecule has 0 aromatic heterocycles. The lowest BCUT2D eigenvalue weighted by atomic mass is 9.96. The minimum absolute atomic E-state index is 0.399. The van der Waals surface area contributed by atoms with Crippen molar-refractivity contribution in [1.82, 2.24) is 0 Å². The summed E-state index contributed by atoms with van der Waals surface area (Å²) in [6.07, 6.45) is 16.2. The summed E-state index contributed by atoms with van der Waals surface area (Å²) in [5.41, 5.74) is 2.20. The van der Waals surface area contributed by atoms with Gasteiger partial charge in [0.2, 0.25) is 0 Å². The molecule has 0 heterocycles. The Bertz CT molecular complexity index is 403. The molecule has 2 aliphatic rings. The lowest BCUT2D eigenvalue weighted by Crippen LogP contribution is -2.13. The number of rotatable bonds is 4. The minimum atomic E-state index is 0.399. The first-order chi connectivity index (χ1) is 9.63. The van der Waals surface area contributed by atoms with Crippen LogP contribution in [0.25, 0.3) is 0 Å². The molecule has 0 bridgehead atoms. The smallest absolute Gasteiger partial charge is 0.0579 e. The third-order valence-electron chi connectivity index (χ3n) is 3.94. The van der Waals surface area contributed by atoms with Crippen LogP contribution >= 0.6 is 0 Å². The Labute approximate surface area is 123 Å². The molecule has 0 aliphatic heterocycles. The molecule has 2 nitrogen and oxygen atoms in total. The van der Waals surface area contributed by atoms with Crippen molar-refractivity contribution in [2.45, 2.75) is 71.4 Å². The Morgan fingerprint density at radius 3 is 2.15 bits per heavy atom. The molecule has 2 aliphatic carbocycles. The van der Waals surface area contributed by atoms with Gasteiger partial charge >= 0.3 is 0 Å². The highest BCUT2D eigenvalue weighted by atomic mass is 14.8. The molecule has 0 aromatic carbocycles. The van der Waals surface area contributed by atoms with Crippen LogP contribution in [-0.4, -0.2) is 23.5 Å². The molecule has 0 radical (unpaired) electrons. The fraction of sp³-hybridized carbons (Fsp3) is 0.667. The third-order valence-corrected chi connectivity index (χ3v) is 3.94. The van der Waals surface area contributed by atoms with E-state index in [2.05, 4.69) is 45.1 Å². The molecular formula is C18H28N2. The van der Waals surface area contributed by atoms with Crippen molar-refractivity contribution in [3.63, 3.8) is 0 Å². The second kappa shape index (κ2) is 7.56. The molecule has 110 valence electrons. The first-order valence-corrected chi connectivity index (χ1v) is 8.15. The molecule has 0 spiro atoms. The van der Waals surface area contributed by atoms with Crippen molar-refractivity contribution in [1.29, 1.82) is 0 Å². The van der Waals surface area contributed by atoms with Gasteiger partial charge in [-0.1, -0.05) is 33.1 Å². The molecule has 0 amide bonds. The number of hydrogen-bond donors (Lipinski definition) is 0. The highest BCUT2D eigenvalue weighted by molar-refractivity contribution is 6.18. The maximum absolute atomic E-state index is 4.85. The van der Waals surface area contributed by atoms with E-state index in [9.17, 15) is 0 Å². The van der Waals surface area contributed by atoms with Gasteiger partial charge in [0.05, 0.1) is 17.5 Å². The summed E-state index contributed by atoms with van der Waals surface area (Å²) in [6.45, 7) is 6.69. The summed E-state index contributed by atoms with van der Waals surface area (Å²) in [5, 5.41) is 0. The SMILES string of the molecule is CC(C)CC(C)N=C1C=CC(=NC2CCCCC2)C=C1. The van der Waals surface area contributed by atoms with E-state index in [1.54, 1.807) is 0 Å². The maximum Gasteiger partial charge on any atom is 0.0579 e. The van der Waals surface area contributed by atoms with Crippen molar-refractivity contribution in [3.05, 3.63) is 24.3 Å². The van der Waals surface area contributed by atoms with Crippen LogP contribution in [0.15, 0.2) is 34.3 Å². The summed E-state index contributed by atoms with van der Waals surface area (Å²) in [6, 6.07) is 0.947. The average molecular weight is 272 g/mol.